The van der Waals surface area contributed by atoms with Crippen molar-refractivity contribution in [2.75, 3.05) is 5.32 Å². The van der Waals surface area contributed by atoms with Crippen molar-refractivity contribution < 1.29 is 9.90 Å². The minimum atomic E-state index is -0.706. The van der Waals surface area contributed by atoms with Crippen molar-refractivity contribution in [1.82, 2.24) is 0 Å². The van der Waals surface area contributed by atoms with Crippen LogP contribution >= 0.6 is 0 Å². The topological polar surface area (TPSA) is 49.3 Å². The molecule has 0 aliphatic carbocycles. The Bertz CT molecular complexity index is 440. The molecule has 0 spiro atoms. The predicted octanol–water partition coefficient (Wildman–Crippen LogP) is 2.69. The molecule has 0 fully saturated rings. The molecule has 0 aromatic heterocycles. The van der Waals surface area contributed by atoms with Crippen LogP contribution in [0.1, 0.15) is 25.0 Å². The number of carbonyl (C=O) groups is 1. The molecule has 17 heavy (non-hydrogen) atoms. The van der Waals surface area contributed by atoms with E-state index in [4.69, 9.17) is 0 Å². The maximum absolute atomic E-state index is 11.3. The molecule has 1 aromatic rings. The molecular formula is C14H19NO2. The molecule has 1 aliphatic rings. The first-order chi connectivity index (χ1) is 7.99. The molecule has 1 aliphatic heterocycles. The molecule has 92 valence electrons. The van der Waals surface area contributed by atoms with E-state index >= 15 is 0 Å². The second kappa shape index (κ2) is 4.40. The number of carboxylic acids is 1. The Morgan fingerprint density at radius 3 is 2.76 bits per heavy atom. The van der Waals surface area contributed by atoms with E-state index in [1.54, 1.807) is 0 Å². The van der Waals surface area contributed by atoms with Gasteiger partial charge < -0.3 is 10.4 Å². The lowest BCUT2D eigenvalue weighted by atomic mass is 9.87. The van der Waals surface area contributed by atoms with E-state index in [0.717, 1.165) is 12.1 Å². The number of hydrogen-bond donors (Lipinski definition) is 2. The van der Waals surface area contributed by atoms with E-state index in [0.29, 0.717) is 0 Å². The highest BCUT2D eigenvalue weighted by molar-refractivity contribution is 5.73. The van der Waals surface area contributed by atoms with Crippen molar-refractivity contribution in [3.8, 4) is 0 Å². The zero-order chi connectivity index (χ0) is 12.6. The summed E-state index contributed by atoms with van der Waals surface area (Å²) < 4.78 is 0. The number of rotatable bonds is 3. The molecule has 0 saturated heterocycles. The zero-order valence-electron chi connectivity index (χ0n) is 10.5. The van der Waals surface area contributed by atoms with Gasteiger partial charge in [0.25, 0.3) is 0 Å². The first-order valence-electron chi connectivity index (χ1n) is 6.08. The van der Waals surface area contributed by atoms with Gasteiger partial charge in [-0.3, -0.25) is 4.79 Å². The van der Waals surface area contributed by atoms with Gasteiger partial charge in [-0.25, -0.2) is 0 Å². The van der Waals surface area contributed by atoms with Crippen molar-refractivity contribution in [3.63, 3.8) is 0 Å². The maximum Gasteiger partial charge on any atom is 0.308 e. The van der Waals surface area contributed by atoms with Crippen molar-refractivity contribution in [1.29, 1.82) is 0 Å². The number of benzene rings is 1. The average Bonchev–Trinajstić information content (AvgIpc) is 2.58. The monoisotopic (exact) mass is 233 g/mol. The van der Waals surface area contributed by atoms with Crippen LogP contribution in [0.3, 0.4) is 0 Å². The van der Waals surface area contributed by atoms with E-state index in [9.17, 15) is 9.90 Å². The van der Waals surface area contributed by atoms with Gasteiger partial charge in [-0.05, 0) is 30.9 Å². The Labute approximate surface area is 102 Å². The predicted molar refractivity (Wildman–Crippen MR) is 68.3 cm³/mol. The fourth-order valence-corrected chi connectivity index (χ4v) is 2.66. The normalized spacial score (nSPS) is 19.9. The number of carboxylic acid groups (broad SMARTS) is 1. The number of nitrogens with one attached hydrogen (secondary N) is 1. The Balaban J connectivity index is 2.21. The van der Waals surface area contributed by atoms with Crippen molar-refractivity contribution in [2.45, 2.75) is 33.2 Å². The van der Waals surface area contributed by atoms with Crippen molar-refractivity contribution in [3.05, 3.63) is 29.3 Å². The molecular weight excluding hydrogens is 214 g/mol. The number of anilines is 1. The molecule has 0 bridgehead atoms. The van der Waals surface area contributed by atoms with Crippen molar-refractivity contribution in [2.24, 2.45) is 11.8 Å². The van der Waals surface area contributed by atoms with E-state index in [2.05, 4.69) is 24.4 Å². The van der Waals surface area contributed by atoms with Gasteiger partial charge in [-0.15, -0.1) is 0 Å². The third-order valence-corrected chi connectivity index (χ3v) is 3.48. The molecule has 0 radical (unpaired) electrons. The van der Waals surface area contributed by atoms with Gasteiger partial charge in [0.2, 0.25) is 0 Å². The summed E-state index contributed by atoms with van der Waals surface area (Å²) in [4.78, 5) is 11.3. The smallest absolute Gasteiger partial charge is 0.308 e. The molecule has 2 N–H and O–H groups in total. The highest BCUT2D eigenvalue weighted by Crippen LogP contribution is 2.32. The first kappa shape index (κ1) is 12.0. The Hall–Kier alpha value is -1.51. The molecule has 2 atom stereocenters. The molecule has 1 aromatic carbocycles. The van der Waals surface area contributed by atoms with Crippen LogP contribution in [0.15, 0.2) is 18.2 Å². The summed E-state index contributed by atoms with van der Waals surface area (Å²) in [5.41, 5.74) is 3.55. The molecule has 0 saturated carbocycles. The minimum Gasteiger partial charge on any atom is -0.481 e. The molecule has 3 nitrogen and oxygen atoms in total. The van der Waals surface area contributed by atoms with Crippen LogP contribution < -0.4 is 5.32 Å². The van der Waals surface area contributed by atoms with Gasteiger partial charge >= 0.3 is 5.97 Å². The SMILES string of the molecule is Cc1ccc2c(c1)CC(C(C(=O)O)C(C)C)N2. The van der Waals surface area contributed by atoms with E-state index in [1.807, 2.05) is 19.9 Å². The summed E-state index contributed by atoms with van der Waals surface area (Å²) in [6.45, 7) is 5.99. The standard InChI is InChI=1S/C14H19NO2/c1-8(2)13(14(16)17)12-7-10-6-9(3)4-5-11(10)15-12/h4-6,8,12-13,15H,7H2,1-3H3,(H,16,17). The Morgan fingerprint density at radius 1 is 1.47 bits per heavy atom. The van der Waals surface area contributed by atoms with Crippen LogP contribution in [0, 0.1) is 18.8 Å². The van der Waals surface area contributed by atoms with Gasteiger partial charge in [0.15, 0.2) is 0 Å². The molecule has 1 heterocycles. The molecule has 3 heteroatoms. The summed E-state index contributed by atoms with van der Waals surface area (Å²) in [6, 6.07) is 6.26. The fraction of sp³-hybridized carbons (Fsp3) is 0.500. The number of aryl methyl sites for hydroxylation is 1. The maximum atomic E-state index is 11.3. The Kier molecular flexibility index (Phi) is 3.09. The number of aliphatic carboxylic acids is 1. The quantitative estimate of drug-likeness (QED) is 0.844. The van der Waals surface area contributed by atoms with Crippen LogP contribution in [0.2, 0.25) is 0 Å². The summed E-state index contributed by atoms with van der Waals surface area (Å²) in [5.74, 6) is -0.898. The highest BCUT2D eigenvalue weighted by atomic mass is 16.4. The second-order valence-electron chi connectivity index (χ2n) is 5.22. The lowest BCUT2D eigenvalue weighted by molar-refractivity contribution is -0.143. The van der Waals surface area contributed by atoms with Gasteiger partial charge in [0.1, 0.15) is 0 Å². The van der Waals surface area contributed by atoms with Crippen molar-refractivity contribution >= 4 is 11.7 Å². The third-order valence-electron chi connectivity index (χ3n) is 3.48. The fourth-order valence-electron chi connectivity index (χ4n) is 2.66. The lowest BCUT2D eigenvalue weighted by Gasteiger charge is -2.23. The molecule has 2 unspecified atom stereocenters. The minimum absolute atomic E-state index is 0.0179. The number of fused-ring (bicyclic) bond motifs is 1. The molecule has 2 rings (SSSR count). The van der Waals surface area contributed by atoms with Crippen LogP contribution in [-0.4, -0.2) is 17.1 Å². The van der Waals surface area contributed by atoms with Crippen LogP contribution in [0.25, 0.3) is 0 Å². The average molecular weight is 233 g/mol. The summed E-state index contributed by atoms with van der Waals surface area (Å²) in [5, 5.41) is 12.6. The van der Waals surface area contributed by atoms with Gasteiger partial charge in [-0.2, -0.15) is 0 Å². The summed E-state index contributed by atoms with van der Waals surface area (Å²) in [7, 11) is 0. The second-order valence-corrected chi connectivity index (χ2v) is 5.22. The van der Waals surface area contributed by atoms with E-state index in [-0.39, 0.29) is 17.9 Å². The lowest BCUT2D eigenvalue weighted by Crippen LogP contribution is -2.36. The van der Waals surface area contributed by atoms with Gasteiger partial charge in [0, 0.05) is 11.7 Å². The van der Waals surface area contributed by atoms with E-state index < -0.39 is 5.97 Å². The van der Waals surface area contributed by atoms with Gasteiger partial charge in [0.05, 0.1) is 5.92 Å². The first-order valence-corrected chi connectivity index (χ1v) is 6.08. The van der Waals surface area contributed by atoms with E-state index in [1.165, 1.54) is 11.1 Å². The third kappa shape index (κ3) is 2.28. The summed E-state index contributed by atoms with van der Waals surface area (Å²) >= 11 is 0. The van der Waals surface area contributed by atoms with Gasteiger partial charge in [-0.1, -0.05) is 31.5 Å². The summed E-state index contributed by atoms with van der Waals surface area (Å²) in [6.07, 6.45) is 0.812. The van der Waals surface area contributed by atoms with Crippen LogP contribution in [0.5, 0.6) is 0 Å². The van der Waals surface area contributed by atoms with Crippen LogP contribution in [-0.2, 0) is 11.2 Å². The zero-order valence-corrected chi connectivity index (χ0v) is 10.5. The molecule has 0 amide bonds. The van der Waals surface area contributed by atoms with Crippen LogP contribution in [0.4, 0.5) is 5.69 Å². The Morgan fingerprint density at radius 2 is 2.18 bits per heavy atom. The highest BCUT2D eigenvalue weighted by Gasteiger charge is 2.34. The largest absolute Gasteiger partial charge is 0.481 e. The number of hydrogen-bond acceptors (Lipinski definition) is 2.